The molecule has 0 spiro atoms. The molecule has 0 aliphatic heterocycles. The van der Waals surface area contributed by atoms with Crippen LogP contribution in [0.1, 0.15) is 25.1 Å². The largest absolute Gasteiger partial charge is 0.331 e. The van der Waals surface area contributed by atoms with Gasteiger partial charge in [0, 0.05) is 12.3 Å². The molecule has 3 nitrogen and oxygen atoms in total. The molecule has 0 saturated heterocycles. The van der Waals surface area contributed by atoms with E-state index in [0.29, 0.717) is 6.42 Å². The van der Waals surface area contributed by atoms with Crippen molar-refractivity contribution in [1.29, 1.82) is 0 Å². The minimum absolute atomic E-state index is 0.285. The van der Waals surface area contributed by atoms with E-state index in [1.807, 2.05) is 6.92 Å². The van der Waals surface area contributed by atoms with Crippen LogP contribution in [0.4, 0.5) is 0 Å². The highest BCUT2D eigenvalue weighted by molar-refractivity contribution is 4.98. The number of aromatic nitrogens is 3. The summed E-state index contributed by atoms with van der Waals surface area (Å²) in [6.07, 6.45) is 7.38. The molecule has 1 atom stereocenters. The maximum atomic E-state index is 5.12. The van der Waals surface area contributed by atoms with Gasteiger partial charge in [-0.15, -0.1) is 22.5 Å². The van der Waals surface area contributed by atoms with Crippen molar-refractivity contribution in [3.63, 3.8) is 0 Å². The highest BCUT2D eigenvalue weighted by Crippen LogP contribution is 2.11. The van der Waals surface area contributed by atoms with Crippen LogP contribution in [0.15, 0.2) is 6.33 Å². The van der Waals surface area contributed by atoms with Gasteiger partial charge in [-0.25, -0.2) is 0 Å². The summed E-state index contributed by atoms with van der Waals surface area (Å²) in [4.78, 5) is 2.90. The van der Waals surface area contributed by atoms with Gasteiger partial charge in [0.1, 0.15) is 12.2 Å². The zero-order valence-electron chi connectivity index (χ0n) is 5.83. The SMILES string of the molecule is C#CC[C@@H](C)c1nnc[nH]1. The molecule has 0 unspecified atom stereocenters. The second kappa shape index (κ2) is 3.02. The maximum Gasteiger partial charge on any atom is 0.133 e. The second-order valence-corrected chi connectivity index (χ2v) is 2.18. The third-order valence-electron chi connectivity index (χ3n) is 1.33. The van der Waals surface area contributed by atoms with E-state index in [1.54, 1.807) is 6.33 Å². The lowest BCUT2D eigenvalue weighted by atomic mass is 10.1. The van der Waals surface area contributed by atoms with Crippen molar-refractivity contribution in [2.24, 2.45) is 0 Å². The van der Waals surface area contributed by atoms with Gasteiger partial charge in [0.25, 0.3) is 0 Å². The summed E-state index contributed by atoms with van der Waals surface area (Å²) in [6.45, 7) is 2.01. The fourth-order valence-corrected chi connectivity index (χ4v) is 0.729. The molecule has 0 aromatic carbocycles. The van der Waals surface area contributed by atoms with E-state index < -0.39 is 0 Å². The van der Waals surface area contributed by atoms with Crippen LogP contribution in [-0.2, 0) is 0 Å². The number of hydrogen-bond donors (Lipinski definition) is 1. The van der Waals surface area contributed by atoms with E-state index in [4.69, 9.17) is 6.42 Å². The number of aromatic amines is 1. The monoisotopic (exact) mass is 135 g/mol. The van der Waals surface area contributed by atoms with Crippen molar-refractivity contribution in [2.75, 3.05) is 0 Å². The summed E-state index contributed by atoms with van der Waals surface area (Å²) in [5.41, 5.74) is 0. The molecule has 1 aromatic heterocycles. The van der Waals surface area contributed by atoms with Gasteiger partial charge in [0.15, 0.2) is 0 Å². The average Bonchev–Trinajstić information content (AvgIpc) is 2.38. The van der Waals surface area contributed by atoms with Crippen molar-refractivity contribution < 1.29 is 0 Å². The smallest absolute Gasteiger partial charge is 0.133 e. The summed E-state index contributed by atoms with van der Waals surface area (Å²) in [5, 5.41) is 7.49. The predicted octanol–water partition coefficient (Wildman–Crippen LogP) is 0.931. The lowest BCUT2D eigenvalue weighted by molar-refractivity contribution is 0.730. The van der Waals surface area contributed by atoms with Gasteiger partial charge < -0.3 is 4.98 Å². The van der Waals surface area contributed by atoms with E-state index in [2.05, 4.69) is 21.1 Å². The number of H-pyrrole nitrogens is 1. The van der Waals surface area contributed by atoms with Gasteiger partial charge in [0.2, 0.25) is 0 Å². The summed E-state index contributed by atoms with van der Waals surface area (Å²) in [5.74, 6) is 3.71. The first-order valence-electron chi connectivity index (χ1n) is 3.14. The maximum absolute atomic E-state index is 5.12. The molecular formula is C7H9N3. The molecule has 1 heterocycles. The van der Waals surface area contributed by atoms with Crippen LogP contribution in [0.5, 0.6) is 0 Å². The van der Waals surface area contributed by atoms with Crippen molar-refractivity contribution >= 4 is 0 Å². The van der Waals surface area contributed by atoms with Crippen molar-refractivity contribution in [3.8, 4) is 12.3 Å². The Hall–Kier alpha value is -1.30. The predicted molar refractivity (Wildman–Crippen MR) is 38.2 cm³/mol. The Morgan fingerprint density at radius 3 is 3.20 bits per heavy atom. The Morgan fingerprint density at radius 1 is 1.90 bits per heavy atom. The number of nitrogens with zero attached hydrogens (tertiary/aromatic N) is 2. The Morgan fingerprint density at radius 2 is 2.70 bits per heavy atom. The second-order valence-electron chi connectivity index (χ2n) is 2.18. The first-order chi connectivity index (χ1) is 4.84. The fraction of sp³-hybridized carbons (Fsp3) is 0.429. The molecule has 0 fully saturated rings. The molecule has 52 valence electrons. The minimum Gasteiger partial charge on any atom is -0.331 e. The van der Waals surface area contributed by atoms with E-state index in [9.17, 15) is 0 Å². The van der Waals surface area contributed by atoms with Gasteiger partial charge in [-0.2, -0.15) is 0 Å². The number of nitrogens with one attached hydrogen (secondary N) is 1. The highest BCUT2D eigenvalue weighted by atomic mass is 15.2. The molecule has 0 radical (unpaired) electrons. The number of rotatable bonds is 2. The Kier molecular flexibility index (Phi) is 2.06. The Bertz CT molecular complexity index is 219. The van der Waals surface area contributed by atoms with Crippen LogP contribution in [-0.4, -0.2) is 15.2 Å². The van der Waals surface area contributed by atoms with Crippen molar-refractivity contribution in [1.82, 2.24) is 15.2 Å². The molecule has 1 rings (SSSR count). The first kappa shape index (κ1) is 6.81. The minimum atomic E-state index is 0.285. The van der Waals surface area contributed by atoms with Gasteiger partial charge in [-0.05, 0) is 0 Å². The summed E-state index contributed by atoms with van der Waals surface area (Å²) < 4.78 is 0. The van der Waals surface area contributed by atoms with Gasteiger partial charge in [0.05, 0.1) is 0 Å². The molecule has 1 aromatic rings. The molecule has 10 heavy (non-hydrogen) atoms. The Labute approximate surface area is 59.9 Å². The normalized spacial score (nSPS) is 12.4. The fourth-order valence-electron chi connectivity index (χ4n) is 0.729. The highest BCUT2D eigenvalue weighted by Gasteiger charge is 2.05. The van der Waals surface area contributed by atoms with Crippen LogP contribution < -0.4 is 0 Å². The zero-order chi connectivity index (χ0) is 7.40. The standard InChI is InChI=1S/C7H9N3/c1-3-4-6(2)7-8-5-9-10-7/h1,5-6H,4H2,2H3,(H,8,9,10)/t6-/m1/s1. The van der Waals surface area contributed by atoms with Gasteiger partial charge >= 0.3 is 0 Å². The summed E-state index contributed by atoms with van der Waals surface area (Å²) in [7, 11) is 0. The van der Waals surface area contributed by atoms with Crippen molar-refractivity contribution in [3.05, 3.63) is 12.2 Å². The third kappa shape index (κ3) is 1.35. The molecule has 0 amide bonds. The molecule has 1 N–H and O–H groups in total. The lowest BCUT2D eigenvalue weighted by Crippen LogP contribution is -1.94. The number of terminal acetylenes is 1. The van der Waals surface area contributed by atoms with Crippen LogP contribution in [0.25, 0.3) is 0 Å². The third-order valence-corrected chi connectivity index (χ3v) is 1.33. The molecular weight excluding hydrogens is 126 g/mol. The number of hydrogen-bond acceptors (Lipinski definition) is 2. The van der Waals surface area contributed by atoms with Crippen LogP contribution in [0.2, 0.25) is 0 Å². The molecule has 0 saturated carbocycles. The summed E-state index contributed by atoms with van der Waals surface area (Å²) in [6, 6.07) is 0. The Balaban J connectivity index is 2.61. The van der Waals surface area contributed by atoms with E-state index in [-0.39, 0.29) is 5.92 Å². The average molecular weight is 135 g/mol. The van der Waals surface area contributed by atoms with Crippen molar-refractivity contribution in [2.45, 2.75) is 19.3 Å². The van der Waals surface area contributed by atoms with E-state index in [0.717, 1.165) is 5.82 Å². The van der Waals surface area contributed by atoms with Crippen LogP contribution >= 0.6 is 0 Å². The topological polar surface area (TPSA) is 41.6 Å². The van der Waals surface area contributed by atoms with Gasteiger partial charge in [-0.3, -0.25) is 0 Å². The van der Waals surface area contributed by atoms with Gasteiger partial charge in [-0.1, -0.05) is 6.92 Å². The van der Waals surface area contributed by atoms with Crippen LogP contribution in [0, 0.1) is 12.3 Å². The molecule has 3 heteroatoms. The molecule has 0 bridgehead atoms. The van der Waals surface area contributed by atoms with Crippen LogP contribution in [0.3, 0.4) is 0 Å². The summed E-state index contributed by atoms with van der Waals surface area (Å²) >= 11 is 0. The molecule has 0 aliphatic carbocycles. The molecule has 0 aliphatic rings. The quantitative estimate of drug-likeness (QED) is 0.613. The lowest BCUT2D eigenvalue weighted by Gasteiger charge is -1.99. The first-order valence-corrected chi connectivity index (χ1v) is 3.14. The zero-order valence-corrected chi connectivity index (χ0v) is 5.83. The van der Waals surface area contributed by atoms with E-state index >= 15 is 0 Å². The van der Waals surface area contributed by atoms with E-state index in [1.165, 1.54) is 0 Å².